The van der Waals surface area contributed by atoms with Gasteiger partial charge < -0.3 is 14.7 Å². The van der Waals surface area contributed by atoms with Crippen molar-refractivity contribution in [3.63, 3.8) is 0 Å². The number of carbonyl (C=O) groups is 2. The van der Waals surface area contributed by atoms with Gasteiger partial charge in [-0.2, -0.15) is 0 Å². The van der Waals surface area contributed by atoms with Crippen LogP contribution in [0.2, 0.25) is 0 Å². The highest BCUT2D eigenvalue weighted by Gasteiger charge is 2.49. The number of rotatable bonds is 5. The van der Waals surface area contributed by atoms with E-state index in [0.717, 1.165) is 19.3 Å². The van der Waals surface area contributed by atoms with Crippen LogP contribution < -0.4 is 0 Å². The highest BCUT2D eigenvalue weighted by molar-refractivity contribution is 5.84. The van der Waals surface area contributed by atoms with Crippen LogP contribution in [-0.2, 0) is 14.3 Å². The fourth-order valence-electron chi connectivity index (χ4n) is 3.40. The minimum atomic E-state index is -0.854. The molecule has 1 saturated heterocycles. The van der Waals surface area contributed by atoms with E-state index < -0.39 is 12.0 Å². The van der Waals surface area contributed by atoms with Crippen molar-refractivity contribution in [3.8, 4) is 0 Å². The number of carboxylic acid groups (broad SMARTS) is 1. The Morgan fingerprint density at radius 3 is 2.74 bits per heavy atom. The van der Waals surface area contributed by atoms with Gasteiger partial charge >= 0.3 is 5.97 Å². The van der Waals surface area contributed by atoms with Gasteiger partial charge in [0, 0.05) is 6.54 Å². The van der Waals surface area contributed by atoms with E-state index in [-0.39, 0.29) is 24.3 Å². The molecule has 1 amide bonds. The lowest BCUT2D eigenvalue weighted by Gasteiger charge is -2.24. The van der Waals surface area contributed by atoms with Crippen LogP contribution >= 0.6 is 0 Å². The Hall–Kier alpha value is -1.10. The lowest BCUT2D eigenvalue weighted by molar-refractivity contribution is -0.150. The van der Waals surface area contributed by atoms with Crippen LogP contribution in [0, 0.1) is 11.8 Å². The number of ether oxygens (including phenoxy) is 1. The highest BCUT2D eigenvalue weighted by atomic mass is 16.5. The Morgan fingerprint density at radius 1 is 1.37 bits per heavy atom. The van der Waals surface area contributed by atoms with E-state index in [0.29, 0.717) is 19.1 Å². The molecule has 3 atom stereocenters. The average Bonchev–Trinajstić information content (AvgIpc) is 2.86. The van der Waals surface area contributed by atoms with Crippen molar-refractivity contribution >= 4 is 11.9 Å². The number of aliphatic carboxylic acids is 1. The summed E-state index contributed by atoms with van der Waals surface area (Å²) in [4.78, 5) is 25.1. The number of hydrogen-bond acceptors (Lipinski definition) is 3. The zero-order valence-electron chi connectivity index (χ0n) is 11.7. The number of likely N-dealkylation sites (tertiary alicyclic amines) is 1. The number of carbonyl (C=O) groups excluding carboxylic acids is 1. The van der Waals surface area contributed by atoms with Gasteiger partial charge in [-0.25, -0.2) is 4.79 Å². The van der Waals surface area contributed by atoms with E-state index >= 15 is 0 Å². The third-order valence-electron chi connectivity index (χ3n) is 4.23. The van der Waals surface area contributed by atoms with Crippen molar-refractivity contribution in [3.05, 3.63) is 0 Å². The van der Waals surface area contributed by atoms with Crippen molar-refractivity contribution in [2.45, 2.75) is 51.7 Å². The summed E-state index contributed by atoms with van der Waals surface area (Å²) >= 11 is 0. The molecule has 5 heteroatoms. The molecule has 1 saturated carbocycles. The second kappa shape index (κ2) is 5.90. The maximum absolute atomic E-state index is 12.2. The van der Waals surface area contributed by atoms with Gasteiger partial charge in [-0.05, 0) is 38.5 Å². The number of nitrogens with zero attached hydrogens (tertiary/aromatic N) is 1. The van der Waals surface area contributed by atoms with Crippen LogP contribution in [0.4, 0.5) is 0 Å². The molecule has 0 aromatic carbocycles. The van der Waals surface area contributed by atoms with Crippen molar-refractivity contribution in [2.24, 2.45) is 11.8 Å². The fraction of sp³-hybridized carbons (Fsp3) is 0.857. The molecule has 19 heavy (non-hydrogen) atoms. The van der Waals surface area contributed by atoms with Gasteiger partial charge in [0.2, 0.25) is 5.91 Å². The van der Waals surface area contributed by atoms with Crippen LogP contribution in [0.25, 0.3) is 0 Å². The Labute approximate surface area is 113 Å². The van der Waals surface area contributed by atoms with E-state index in [1.54, 1.807) is 4.90 Å². The molecule has 1 aliphatic heterocycles. The first-order chi connectivity index (χ1) is 9.00. The Morgan fingerprint density at radius 2 is 2.11 bits per heavy atom. The molecule has 2 aliphatic rings. The second-order valence-corrected chi connectivity index (χ2v) is 5.85. The van der Waals surface area contributed by atoms with Crippen LogP contribution in [0.15, 0.2) is 0 Å². The summed E-state index contributed by atoms with van der Waals surface area (Å²) in [7, 11) is 0. The van der Waals surface area contributed by atoms with Crippen molar-refractivity contribution in [1.29, 1.82) is 0 Å². The summed E-state index contributed by atoms with van der Waals surface area (Å²) in [5.41, 5.74) is 0. The van der Waals surface area contributed by atoms with Gasteiger partial charge in [0.25, 0.3) is 0 Å². The number of fused-ring (bicyclic) bond motifs is 1. The summed E-state index contributed by atoms with van der Waals surface area (Å²) in [6.07, 6.45) is 3.47. The van der Waals surface area contributed by atoms with E-state index in [1.165, 1.54) is 0 Å². The van der Waals surface area contributed by atoms with E-state index in [4.69, 9.17) is 4.74 Å². The first kappa shape index (κ1) is 14.3. The summed E-state index contributed by atoms with van der Waals surface area (Å²) in [5, 5.41) is 9.37. The molecule has 3 unspecified atom stereocenters. The molecule has 2 rings (SSSR count). The molecule has 2 fully saturated rings. The van der Waals surface area contributed by atoms with Gasteiger partial charge in [0.05, 0.1) is 19.1 Å². The smallest absolute Gasteiger partial charge is 0.326 e. The molecule has 0 bridgehead atoms. The Kier molecular flexibility index (Phi) is 4.45. The zero-order chi connectivity index (χ0) is 14.0. The molecule has 5 nitrogen and oxygen atoms in total. The lowest BCUT2D eigenvalue weighted by Crippen LogP contribution is -2.43. The van der Waals surface area contributed by atoms with Crippen molar-refractivity contribution < 1.29 is 19.4 Å². The van der Waals surface area contributed by atoms with Crippen LogP contribution in [-0.4, -0.2) is 47.2 Å². The summed E-state index contributed by atoms with van der Waals surface area (Å²) in [6, 6.07) is -0.612. The molecule has 0 aromatic rings. The van der Waals surface area contributed by atoms with Gasteiger partial charge in [0.15, 0.2) is 0 Å². The molecule has 1 heterocycles. The quantitative estimate of drug-likeness (QED) is 0.821. The maximum atomic E-state index is 12.2. The fourth-order valence-corrected chi connectivity index (χ4v) is 3.40. The van der Waals surface area contributed by atoms with Crippen LogP contribution in [0.3, 0.4) is 0 Å². The standard InChI is InChI=1S/C14H23NO4/c1-9(2)19-7-6-12(16)15-8-10-4-3-5-11(10)13(15)14(17)18/h9-11,13H,3-8H2,1-2H3,(H,17,18). The third-order valence-corrected chi connectivity index (χ3v) is 4.23. The lowest BCUT2D eigenvalue weighted by atomic mass is 9.94. The van der Waals surface area contributed by atoms with Gasteiger partial charge in [-0.15, -0.1) is 0 Å². The van der Waals surface area contributed by atoms with E-state index in [9.17, 15) is 14.7 Å². The molecule has 0 radical (unpaired) electrons. The molecular formula is C14H23NO4. The third kappa shape index (κ3) is 3.08. The predicted molar refractivity (Wildman–Crippen MR) is 69.7 cm³/mol. The summed E-state index contributed by atoms with van der Waals surface area (Å²) in [5.74, 6) is -0.390. The second-order valence-electron chi connectivity index (χ2n) is 5.85. The van der Waals surface area contributed by atoms with Gasteiger partial charge in [0.1, 0.15) is 6.04 Å². The highest BCUT2D eigenvalue weighted by Crippen LogP contribution is 2.42. The molecule has 1 aliphatic carbocycles. The first-order valence-corrected chi connectivity index (χ1v) is 7.14. The Balaban J connectivity index is 1.94. The first-order valence-electron chi connectivity index (χ1n) is 7.14. The summed E-state index contributed by atoms with van der Waals surface area (Å²) < 4.78 is 5.37. The van der Waals surface area contributed by atoms with Crippen LogP contribution in [0.5, 0.6) is 0 Å². The van der Waals surface area contributed by atoms with Gasteiger partial charge in [-0.3, -0.25) is 4.79 Å². The topological polar surface area (TPSA) is 66.8 Å². The van der Waals surface area contributed by atoms with Crippen LogP contribution in [0.1, 0.15) is 39.5 Å². The predicted octanol–water partition coefficient (Wildman–Crippen LogP) is 1.51. The monoisotopic (exact) mass is 269 g/mol. The molecule has 0 aromatic heterocycles. The SMILES string of the molecule is CC(C)OCCC(=O)N1CC2CCCC2C1C(=O)O. The molecule has 1 N–H and O–H groups in total. The molecule has 108 valence electrons. The largest absolute Gasteiger partial charge is 0.480 e. The van der Waals surface area contributed by atoms with Crippen molar-refractivity contribution in [2.75, 3.05) is 13.2 Å². The maximum Gasteiger partial charge on any atom is 0.326 e. The molecular weight excluding hydrogens is 246 g/mol. The minimum Gasteiger partial charge on any atom is -0.480 e. The average molecular weight is 269 g/mol. The van der Waals surface area contributed by atoms with Crippen molar-refractivity contribution in [1.82, 2.24) is 4.90 Å². The van der Waals surface area contributed by atoms with Gasteiger partial charge in [-0.1, -0.05) is 6.42 Å². The Bertz CT molecular complexity index is 355. The zero-order valence-corrected chi connectivity index (χ0v) is 11.7. The van der Waals surface area contributed by atoms with E-state index in [2.05, 4.69) is 0 Å². The minimum absolute atomic E-state index is 0.0811. The summed E-state index contributed by atoms with van der Waals surface area (Å²) in [6.45, 7) is 4.83. The van der Waals surface area contributed by atoms with E-state index in [1.807, 2.05) is 13.8 Å². The number of amides is 1. The molecule has 0 spiro atoms. The number of carboxylic acids is 1. The normalized spacial score (nSPS) is 29.8. The number of hydrogen-bond donors (Lipinski definition) is 1.